The highest BCUT2D eigenvalue weighted by atomic mass is 16.5. The molecule has 11 heteroatoms. The van der Waals surface area contributed by atoms with Crippen LogP contribution in [-0.2, 0) is 0 Å². The number of amides is 3. The minimum atomic E-state index is -1.61. The molecular formula is C21H26N6O5. The van der Waals surface area contributed by atoms with Gasteiger partial charge in [-0.3, -0.25) is 9.69 Å². The first kappa shape index (κ1) is 21.8. The van der Waals surface area contributed by atoms with Crippen molar-refractivity contribution in [3.05, 3.63) is 36.2 Å². The van der Waals surface area contributed by atoms with Crippen molar-refractivity contribution < 1.29 is 24.5 Å². The predicted octanol–water partition coefficient (Wildman–Crippen LogP) is 0.675. The minimum absolute atomic E-state index is 0.0528. The quantitative estimate of drug-likeness (QED) is 0.573. The number of aliphatic hydroxyl groups is 2. The molecule has 4 rings (SSSR count). The number of nitrogens with two attached hydrogens (primary N) is 1. The van der Waals surface area contributed by atoms with Crippen molar-refractivity contribution in [2.45, 2.75) is 26.2 Å². The monoisotopic (exact) mass is 442 g/mol. The summed E-state index contributed by atoms with van der Waals surface area (Å²) in [6.07, 6.45) is -0.362. The number of anilines is 3. The molecule has 0 saturated carbocycles. The van der Waals surface area contributed by atoms with Crippen LogP contribution in [0.4, 0.5) is 22.0 Å². The van der Waals surface area contributed by atoms with Gasteiger partial charge in [-0.25, -0.2) is 14.8 Å². The maximum Gasteiger partial charge on any atom is 0.325 e. The van der Waals surface area contributed by atoms with Crippen molar-refractivity contribution in [3.8, 4) is 5.88 Å². The van der Waals surface area contributed by atoms with Gasteiger partial charge in [0.1, 0.15) is 24.3 Å². The van der Waals surface area contributed by atoms with Crippen LogP contribution in [0.25, 0.3) is 0 Å². The molecule has 0 bridgehead atoms. The number of aliphatic hydroxyl groups excluding tert-OH is 1. The van der Waals surface area contributed by atoms with Crippen LogP contribution in [0.3, 0.4) is 0 Å². The Kier molecular flexibility index (Phi) is 5.85. The molecule has 170 valence electrons. The number of ether oxygens (including phenoxy) is 1. The zero-order valence-electron chi connectivity index (χ0n) is 17.9. The second kappa shape index (κ2) is 8.60. The highest BCUT2D eigenvalue weighted by Gasteiger charge is 2.39. The number of urea groups is 1. The summed E-state index contributed by atoms with van der Waals surface area (Å²) in [5, 5.41) is 19.4. The minimum Gasteiger partial charge on any atom is -0.475 e. The van der Waals surface area contributed by atoms with E-state index in [1.807, 2.05) is 13.8 Å². The van der Waals surface area contributed by atoms with Gasteiger partial charge in [0.2, 0.25) is 5.88 Å². The first-order valence-corrected chi connectivity index (χ1v) is 10.4. The molecule has 3 amide bonds. The number of nitrogen functional groups attached to an aromatic ring is 1. The van der Waals surface area contributed by atoms with Crippen molar-refractivity contribution in [1.29, 1.82) is 0 Å². The van der Waals surface area contributed by atoms with E-state index in [0.29, 0.717) is 31.0 Å². The summed E-state index contributed by atoms with van der Waals surface area (Å²) in [4.78, 5) is 38.5. The lowest BCUT2D eigenvalue weighted by Gasteiger charge is -2.32. The predicted molar refractivity (Wildman–Crippen MR) is 116 cm³/mol. The third-order valence-electron chi connectivity index (χ3n) is 5.72. The molecule has 1 aromatic carbocycles. The van der Waals surface area contributed by atoms with Crippen LogP contribution in [0.15, 0.2) is 30.6 Å². The molecule has 1 atom stereocenters. The van der Waals surface area contributed by atoms with Gasteiger partial charge in [0, 0.05) is 24.5 Å². The van der Waals surface area contributed by atoms with Crippen molar-refractivity contribution in [2.75, 3.05) is 41.8 Å². The van der Waals surface area contributed by atoms with Crippen LogP contribution in [0.2, 0.25) is 0 Å². The Labute approximate surface area is 185 Å². The van der Waals surface area contributed by atoms with E-state index in [4.69, 9.17) is 10.5 Å². The Hall–Kier alpha value is -3.44. The maximum atomic E-state index is 13.1. The fourth-order valence-corrected chi connectivity index (χ4v) is 4.16. The Balaban J connectivity index is 1.55. The molecule has 0 aliphatic carbocycles. The molecule has 0 spiro atoms. The van der Waals surface area contributed by atoms with Crippen LogP contribution >= 0.6 is 0 Å². The Morgan fingerprint density at radius 1 is 1.00 bits per heavy atom. The average molecular weight is 442 g/mol. The van der Waals surface area contributed by atoms with E-state index >= 15 is 0 Å². The smallest absolute Gasteiger partial charge is 0.325 e. The number of nitrogens with zero attached hydrogens (tertiary/aromatic N) is 5. The van der Waals surface area contributed by atoms with Gasteiger partial charge in [-0.1, -0.05) is 13.8 Å². The lowest BCUT2D eigenvalue weighted by atomic mass is 10.0. The van der Waals surface area contributed by atoms with E-state index in [-0.39, 0.29) is 41.7 Å². The van der Waals surface area contributed by atoms with Crippen molar-refractivity contribution in [2.24, 2.45) is 5.92 Å². The molecule has 1 aromatic heterocycles. The summed E-state index contributed by atoms with van der Waals surface area (Å²) in [5.41, 5.74) is 7.28. The number of hydrogen-bond donors (Lipinski definition) is 3. The molecule has 3 heterocycles. The zero-order valence-corrected chi connectivity index (χ0v) is 17.9. The van der Waals surface area contributed by atoms with E-state index < -0.39 is 12.3 Å². The Morgan fingerprint density at radius 3 is 2.28 bits per heavy atom. The second-order valence-corrected chi connectivity index (χ2v) is 8.04. The molecule has 2 aromatic rings. The number of benzene rings is 1. The van der Waals surface area contributed by atoms with Gasteiger partial charge < -0.3 is 30.5 Å². The number of rotatable bonds is 5. The van der Waals surface area contributed by atoms with E-state index in [9.17, 15) is 19.8 Å². The van der Waals surface area contributed by atoms with Crippen LogP contribution in [0.1, 0.15) is 24.2 Å². The highest BCUT2D eigenvalue weighted by molar-refractivity contribution is 6.10. The first-order valence-electron chi connectivity index (χ1n) is 10.4. The third kappa shape index (κ3) is 3.80. The fraction of sp³-hybridized carbons (Fsp3) is 0.429. The molecule has 11 nitrogen and oxygen atoms in total. The molecule has 2 aliphatic rings. The van der Waals surface area contributed by atoms with Gasteiger partial charge in [-0.05, 0) is 30.2 Å². The van der Waals surface area contributed by atoms with Gasteiger partial charge >= 0.3 is 6.03 Å². The van der Waals surface area contributed by atoms with Crippen molar-refractivity contribution >= 4 is 29.1 Å². The van der Waals surface area contributed by atoms with Crippen molar-refractivity contribution in [3.63, 3.8) is 0 Å². The number of carbonyl (C=O) groups is 2. The lowest BCUT2D eigenvalue weighted by molar-refractivity contribution is -0.100. The summed E-state index contributed by atoms with van der Waals surface area (Å²) < 4.78 is 5.55. The fourth-order valence-electron chi connectivity index (χ4n) is 4.16. The van der Waals surface area contributed by atoms with Crippen LogP contribution in [-0.4, -0.2) is 75.6 Å². The molecule has 2 aliphatic heterocycles. The summed E-state index contributed by atoms with van der Waals surface area (Å²) in [7, 11) is 0. The summed E-state index contributed by atoms with van der Waals surface area (Å²) in [6.45, 7) is 5.04. The molecule has 4 N–H and O–H groups in total. The van der Waals surface area contributed by atoms with Crippen LogP contribution in [0, 0.1) is 5.92 Å². The van der Waals surface area contributed by atoms with E-state index in [1.165, 1.54) is 16.1 Å². The van der Waals surface area contributed by atoms with Gasteiger partial charge in [0.25, 0.3) is 5.91 Å². The third-order valence-corrected chi connectivity index (χ3v) is 5.72. The molecule has 32 heavy (non-hydrogen) atoms. The average Bonchev–Trinajstić information content (AvgIpc) is 3.02. The normalized spacial score (nSPS) is 17.6. The van der Waals surface area contributed by atoms with E-state index in [2.05, 4.69) is 9.97 Å². The molecule has 0 radical (unpaired) electrons. The summed E-state index contributed by atoms with van der Waals surface area (Å²) in [6, 6.07) is 6.02. The Morgan fingerprint density at radius 2 is 1.66 bits per heavy atom. The van der Waals surface area contributed by atoms with Crippen LogP contribution in [0.5, 0.6) is 5.88 Å². The standard InChI is InChI=1S/C21H26N6O5/c1-12(2)16(20(29)30)27-8-7-26(21(27)31)14-5-3-13(4-6-14)25-9-10-32-18-15(19(25)28)17(22)23-11-24-18/h3-6,11-12,16,20,29-30H,7-10H2,1-2H3,(H2,22,23,24). The van der Waals surface area contributed by atoms with Crippen LogP contribution < -0.4 is 20.3 Å². The zero-order chi connectivity index (χ0) is 23.0. The summed E-state index contributed by atoms with van der Waals surface area (Å²) in [5.74, 6) is -0.257. The topological polar surface area (TPSA) is 145 Å². The van der Waals surface area contributed by atoms with Crippen molar-refractivity contribution in [1.82, 2.24) is 14.9 Å². The first-order chi connectivity index (χ1) is 15.3. The molecule has 1 fully saturated rings. The number of aromatic nitrogens is 2. The second-order valence-electron chi connectivity index (χ2n) is 8.04. The largest absolute Gasteiger partial charge is 0.475 e. The van der Waals surface area contributed by atoms with Gasteiger partial charge in [-0.2, -0.15) is 0 Å². The maximum absolute atomic E-state index is 13.1. The van der Waals surface area contributed by atoms with Gasteiger partial charge in [-0.15, -0.1) is 0 Å². The summed E-state index contributed by atoms with van der Waals surface area (Å²) >= 11 is 0. The van der Waals surface area contributed by atoms with E-state index in [1.54, 1.807) is 29.2 Å². The Bertz CT molecular complexity index is 1000. The number of hydrogen-bond acceptors (Lipinski definition) is 8. The lowest BCUT2D eigenvalue weighted by Crippen LogP contribution is -2.49. The van der Waals surface area contributed by atoms with Gasteiger partial charge in [0.15, 0.2) is 6.29 Å². The number of carbonyl (C=O) groups excluding carboxylic acids is 2. The SMILES string of the molecule is CC(C)C(C(O)O)N1CCN(c2ccc(N3CCOc4ncnc(N)c4C3=O)cc2)C1=O. The van der Waals surface area contributed by atoms with E-state index in [0.717, 1.165) is 0 Å². The molecule has 1 unspecified atom stereocenters. The molecular weight excluding hydrogens is 416 g/mol. The highest BCUT2D eigenvalue weighted by Crippen LogP contribution is 2.30. The molecule has 1 saturated heterocycles. The van der Waals surface area contributed by atoms with Gasteiger partial charge in [0.05, 0.1) is 12.6 Å². The number of fused-ring (bicyclic) bond motifs is 1.